The molecule has 10 nitrogen and oxygen atoms in total. The number of hydrogen-bond donors (Lipinski definition) is 1. The number of hydrogen-bond acceptors (Lipinski definition) is 7. The molecule has 0 saturated carbocycles. The predicted molar refractivity (Wildman–Crippen MR) is 178 cm³/mol. The van der Waals surface area contributed by atoms with Gasteiger partial charge in [-0.2, -0.15) is 5.10 Å². The number of aromatic nitrogens is 4. The molecule has 2 bridgehead atoms. The number of amides is 2. The highest BCUT2D eigenvalue weighted by molar-refractivity contribution is 6.00. The van der Waals surface area contributed by atoms with Gasteiger partial charge in [-0.25, -0.2) is 9.97 Å². The minimum atomic E-state index is -0.138. The largest absolute Gasteiger partial charge is 0.365 e. The maximum Gasteiger partial charge on any atom is 0.237 e. The number of likely N-dealkylation sites (tertiary alicyclic amines) is 2. The molecule has 232 valence electrons. The highest BCUT2D eigenvalue weighted by Crippen LogP contribution is 2.36. The molecule has 2 amide bonds. The number of rotatable bonds is 7. The van der Waals surface area contributed by atoms with Crippen LogP contribution in [-0.2, 0) is 9.59 Å². The Morgan fingerprint density at radius 3 is 2.46 bits per heavy atom. The van der Waals surface area contributed by atoms with E-state index < -0.39 is 0 Å². The molecule has 5 aromatic rings. The Balaban J connectivity index is 0.866. The molecule has 2 aromatic heterocycles. The van der Waals surface area contributed by atoms with Gasteiger partial charge in [0.1, 0.15) is 0 Å². The number of aromatic amines is 1. The monoisotopic (exact) mass is 612 g/mol. The van der Waals surface area contributed by atoms with Crippen LogP contribution in [0.4, 0.5) is 11.4 Å². The van der Waals surface area contributed by atoms with E-state index in [1.165, 1.54) is 5.69 Å². The second-order valence-corrected chi connectivity index (χ2v) is 12.6. The van der Waals surface area contributed by atoms with Crippen molar-refractivity contribution < 1.29 is 9.59 Å². The molecular weight excluding hydrogens is 576 g/mol. The number of fused-ring (bicyclic) bond motifs is 3. The normalized spacial score (nSPS) is 20.9. The molecule has 5 heterocycles. The van der Waals surface area contributed by atoms with Crippen molar-refractivity contribution in [3.63, 3.8) is 0 Å². The quantitative estimate of drug-likeness (QED) is 0.290. The van der Waals surface area contributed by atoms with Crippen molar-refractivity contribution >= 4 is 34.1 Å². The molecule has 10 heteroatoms. The van der Waals surface area contributed by atoms with Crippen molar-refractivity contribution in [3.8, 4) is 22.6 Å². The van der Waals surface area contributed by atoms with Crippen molar-refractivity contribution in [1.82, 2.24) is 30.0 Å². The zero-order valence-corrected chi connectivity index (χ0v) is 25.8. The van der Waals surface area contributed by atoms with Gasteiger partial charge in [-0.1, -0.05) is 30.3 Å². The zero-order valence-electron chi connectivity index (χ0n) is 25.8. The minimum absolute atomic E-state index is 0.0831. The van der Waals surface area contributed by atoms with Gasteiger partial charge in [0, 0.05) is 73.0 Å². The van der Waals surface area contributed by atoms with E-state index in [-0.39, 0.29) is 23.8 Å². The Bertz CT molecular complexity index is 1880. The Morgan fingerprint density at radius 2 is 1.70 bits per heavy atom. The molecule has 3 aliphatic rings. The van der Waals surface area contributed by atoms with E-state index in [0.717, 1.165) is 71.7 Å². The summed E-state index contributed by atoms with van der Waals surface area (Å²) in [7, 11) is 1.84. The number of nitrogens with one attached hydrogen (secondary N) is 1. The van der Waals surface area contributed by atoms with E-state index >= 15 is 0 Å². The van der Waals surface area contributed by atoms with Crippen LogP contribution in [0.25, 0.3) is 33.5 Å². The van der Waals surface area contributed by atoms with Crippen LogP contribution < -0.4 is 9.80 Å². The topological polar surface area (TPSA) is 102 Å². The summed E-state index contributed by atoms with van der Waals surface area (Å²) in [5.74, 6) is 0.837. The molecule has 46 heavy (non-hydrogen) atoms. The van der Waals surface area contributed by atoms with Gasteiger partial charge in [0.25, 0.3) is 0 Å². The zero-order chi connectivity index (χ0) is 31.2. The third-order valence-electron chi connectivity index (χ3n) is 9.88. The van der Waals surface area contributed by atoms with E-state index in [9.17, 15) is 9.59 Å². The van der Waals surface area contributed by atoms with E-state index in [2.05, 4.69) is 59.1 Å². The van der Waals surface area contributed by atoms with E-state index in [4.69, 9.17) is 0 Å². The highest BCUT2D eigenvalue weighted by atomic mass is 16.2. The van der Waals surface area contributed by atoms with Gasteiger partial charge >= 0.3 is 0 Å². The van der Waals surface area contributed by atoms with E-state index in [1.807, 2.05) is 61.6 Å². The van der Waals surface area contributed by atoms with Crippen molar-refractivity contribution in [3.05, 3.63) is 91.3 Å². The molecule has 3 aromatic carbocycles. The molecule has 3 aliphatic heterocycles. The van der Waals surface area contributed by atoms with E-state index in [1.54, 1.807) is 17.3 Å². The van der Waals surface area contributed by atoms with Gasteiger partial charge in [-0.05, 0) is 67.9 Å². The number of carbonyl (C=O) groups excluding carboxylic acids is 2. The summed E-state index contributed by atoms with van der Waals surface area (Å²) in [6.07, 6.45) is 5.26. The van der Waals surface area contributed by atoms with Crippen LogP contribution in [-0.4, -0.2) is 93.6 Å². The Morgan fingerprint density at radius 1 is 0.891 bits per heavy atom. The van der Waals surface area contributed by atoms with Gasteiger partial charge in [-0.15, -0.1) is 0 Å². The summed E-state index contributed by atoms with van der Waals surface area (Å²) in [5, 5.41) is 8.62. The third-order valence-corrected chi connectivity index (χ3v) is 9.88. The lowest BCUT2D eigenvalue weighted by Gasteiger charge is -2.36. The predicted octanol–water partition coefficient (Wildman–Crippen LogP) is 4.46. The summed E-state index contributed by atoms with van der Waals surface area (Å²) >= 11 is 0. The number of anilines is 2. The molecule has 0 unspecified atom stereocenters. The lowest BCUT2D eigenvalue weighted by Crippen LogP contribution is -2.51. The maximum absolute atomic E-state index is 13.6. The molecule has 0 spiro atoms. The maximum atomic E-state index is 13.6. The number of benzene rings is 3. The minimum Gasteiger partial charge on any atom is -0.365 e. The molecule has 0 radical (unpaired) electrons. The second kappa shape index (κ2) is 11.7. The van der Waals surface area contributed by atoms with Crippen LogP contribution in [0.1, 0.15) is 12.8 Å². The van der Waals surface area contributed by atoms with Crippen molar-refractivity contribution in [1.29, 1.82) is 0 Å². The van der Waals surface area contributed by atoms with E-state index in [0.29, 0.717) is 19.1 Å². The lowest BCUT2D eigenvalue weighted by atomic mass is 10.1. The summed E-state index contributed by atoms with van der Waals surface area (Å²) in [5.41, 5.74) is 5.85. The summed E-state index contributed by atoms with van der Waals surface area (Å²) in [4.78, 5) is 44.2. The third kappa shape index (κ3) is 5.18. The first kappa shape index (κ1) is 28.4. The molecule has 3 atom stereocenters. The number of carbonyl (C=O) groups is 2. The number of nitrogens with zero attached hydrogens (tertiary/aromatic N) is 7. The van der Waals surface area contributed by atoms with Crippen LogP contribution in [0.15, 0.2) is 91.3 Å². The molecular formula is C36H36N8O2. The summed E-state index contributed by atoms with van der Waals surface area (Å²) in [6, 6.07) is 26.8. The first-order chi connectivity index (χ1) is 22.5. The fourth-order valence-electron chi connectivity index (χ4n) is 7.43. The molecule has 3 saturated heterocycles. The number of H-pyrrole nitrogens is 1. The molecule has 3 fully saturated rings. The highest BCUT2D eigenvalue weighted by Gasteiger charge is 2.45. The fraction of sp³-hybridized carbons (Fsp3) is 0.306. The Labute approximate surface area is 267 Å². The summed E-state index contributed by atoms with van der Waals surface area (Å²) in [6.45, 7) is 3.30. The first-order valence-corrected chi connectivity index (χ1v) is 16.0. The van der Waals surface area contributed by atoms with Gasteiger partial charge < -0.3 is 14.7 Å². The Hall–Kier alpha value is -5.09. The van der Waals surface area contributed by atoms with Crippen molar-refractivity contribution in [2.24, 2.45) is 5.92 Å². The molecule has 1 N–H and O–H groups in total. The van der Waals surface area contributed by atoms with Crippen molar-refractivity contribution in [2.75, 3.05) is 49.6 Å². The fourth-order valence-corrected chi connectivity index (χ4v) is 7.43. The van der Waals surface area contributed by atoms with Gasteiger partial charge in [0.2, 0.25) is 11.8 Å². The average Bonchev–Trinajstić information content (AvgIpc) is 3.92. The van der Waals surface area contributed by atoms with Crippen LogP contribution in [0.3, 0.4) is 0 Å². The molecule has 0 aliphatic carbocycles. The number of piperazine rings is 1. The lowest BCUT2D eigenvalue weighted by molar-refractivity contribution is -0.133. The standard InChI is InChI=1S/C36H36N8O2/c1-41(28-12-13-32-31(19-28)34(40-39-32)24-6-3-2-4-7-24)36(46)26-14-17-42(20-26)23-33(45)44-22-29-18-30(44)21-43(29)27-10-8-25(9-11-27)35-37-15-5-16-38-35/h2-13,15-16,19,26,29-30H,14,17-18,20-23H2,1H3,(H,39,40)/t26-,29-,30-/m1/s1. The second-order valence-electron chi connectivity index (χ2n) is 12.6. The van der Waals surface area contributed by atoms with Crippen LogP contribution in [0.2, 0.25) is 0 Å². The molecule has 8 rings (SSSR count). The van der Waals surface area contributed by atoms with Crippen LogP contribution >= 0.6 is 0 Å². The van der Waals surface area contributed by atoms with Gasteiger partial charge in [0.15, 0.2) is 5.82 Å². The van der Waals surface area contributed by atoms with Gasteiger partial charge in [0.05, 0.1) is 29.7 Å². The van der Waals surface area contributed by atoms with Crippen LogP contribution in [0.5, 0.6) is 0 Å². The first-order valence-electron chi connectivity index (χ1n) is 16.0. The Kier molecular flexibility index (Phi) is 7.21. The summed E-state index contributed by atoms with van der Waals surface area (Å²) < 4.78 is 0. The van der Waals surface area contributed by atoms with Crippen LogP contribution in [0, 0.1) is 5.92 Å². The average molecular weight is 613 g/mol. The van der Waals surface area contributed by atoms with Gasteiger partial charge in [-0.3, -0.25) is 19.6 Å². The van der Waals surface area contributed by atoms with Crippen molar-refractivity contribution in [2.45, 2.75) is 24.9 Å². The SMILES string of the molecule is CN(C(=O)[C@@H]1CCN(CC(=O)N2C[C@H]3C[C@@H]2CN3c2ccc(-c3ncccn3)cc2)C1)c1ccc2[nH]nc(-c3ccccc3)c2c1. The smallest absolute Gasteiger partial charge is 0.237 e.